The number of ether oxygens (including phenoxy) is 3. The highest BCUT2D eigenvalue weighted by Gasteiger charge is 2.21. The third kappa shape index (κ3) is 6.07. The summed E-state index contributed by atoms with van der Waals surface area (Å²) in [5, 5.41) is 9.46. The van der Waals surface area contributed by atoms with E-state index in [0.29, 0.717) is 11.3 Å². The molecule has 5 heteroatoms. The van der Waals surface area contributed by atoms with Gasteiger partial charge in [0.25, 0.3) is 0 Å². The minimum Gasteiger partial charge on any atom is -0.489 e. The van der Waals surface area contributed by atoms with Crippen molar-refractivity contribution in [2.75, 3.05) is 6.61 Å². The Morgan fingerprint density at radius 2 is 2.07 bits per heavy atom. The fraction of sp³-hybridized carbons (Fsp3) is 0.480. The lowest BCUT2D eigenvalue weighted by molar-refractivity contribution is -0.191. The molecule has 0 radical (unpaired) electrons. The van der Waals surface area contributed by atoms with Gasteiger partial charge in [-0.3, -0.25) is 0 Å². The molecule has 2 unspecified atom stereocenters. The van der Waals surface area contributed by atoms with Crippen LogP contribution in [0.3, 0.4) is 0 Å². The topological polar surface area (TPSA) is 65.0 Å². The molecule has 5 nitrogen and oxygen atoms in total. The molecule has 2 aromatic rings. The van der Waals surface area contributed by atoms with Crippen LogP contribution in [-0.4, -0.2) is 24.0 Å². The molecule has 162 valence electrons. The van der Waals surface area contributed by atoms with Crippen LogP contribution < -0.4 is 4.74 Å². The average molecular weight is 413 g/mol. The summed E-state index contributed by atoms with van der Waals surface area (Å²) in [7, 11) is 0. The maximum absolute atomic E-state index is 11.5. The van der Waals surface area contributed by atoms with Crippen molar-refractivity contribution in [2.45, 2.75) is 71.4 Å². The molecule has 0 amide bonds. The Labute approximate surface area is 179 Å². The highest BCUT2D eigenvalue weighted by molar-refractivity contribution is 5.89. The summed E-state index contributed by atoms with van der Waals surface area (Å²) < 4.78 is 18.1. The molecule has 30 heavy (non-hydrogen) atoms. The first kappa shape index (κ1) is 22.3. The Morgan fingerprint density at radius 3 is 2.80 bits per heavy atom. The molecule has 0 bridgehead atoms. The van der Waals surface area contributed by atoms with Crippen LogP contribution in [-0.2, 0) is 16.1 Å². The summed E-state index contributed by atoms with van der Waals surface area (Å²) in [5.41, 5.74) is 2.96. The van der Waals surface area contributed by atoms with E-state index < -0.39 is 5.97 Å². The van der Waals surface area contributed by atoms with E-state index in [4.69, 9.17) is 14.2 Å². The number of unbranched alkanes of at least 4 members (excludes halogenated alkanes) is 1. The third-order valence-corrected chi connectivity index (χ3v) is 5.53. The Balaban J connectivity index is 1.73. The number of carboxylic acids is 1. The lowest BCUT2D eigenvalue weighted by Crippen LogP contribution is -2.24. The van der Waals surface area contributed by atoms with Crippen molar-refractivity contribution in [1.29, 1.82) is 0 Å². The zero-order valence-electron chi connectivity index (χ0n) is 17.9. The van der Waals surface area contributed by atoms with Gasteiger partial charge in [-0.15, -0.1) is 0 Å². The largest absolute Gasteiger partial charge is 0.489 e. The predicted octanol–water partition coefficient (Wildman–Crippen LogP) is 6.05. The van der Waals surface area contributed by atoms with Crippen LogP contribution in [0.5, 0.6) is 5.75 Å². The lowest BCUT2D eigenvalue weighted by atomic mass is 10.0. The number of hydrogen-bond acceptors (Lipinski definition) is 4. The van der Waals surface area contributed by atoms with Gasteiger partial charge < -0.3 is 19.3 Å². The van der Waals surface area contributed by atoms with Crippen molar-refractivity contribution in [3.63, 3.8) is 0 Å². The second-order valence-corrected chi connectivity index (χ2v) is 7.83. The molecular formula is C25H32O5. The van der Waals surface area contributed by atoms with Gasteiger partial charge in [0.2, 0.25) is 0 Å². The van der Waals surface area contributed by atoms with Crippen LogP contribution in [0.1, 0.15) is 78.6 Å². The number of rotatable bonds is 10. The van der Waals surface area contributed by atoms with Gasteiger partial charge in [0.1, 0.15) is 12.4 Å². The molecule has 1 fully saturated rings. The zero-order chi connectivity index (χ0) is 21.3. The first-order chi connectivity index (χ1) is 14.6. The number of carbonyl (C=O) groups is 1. The molecule has 2 atom stereocenters. The molecule has 0 spiro atoms. The van der Waals surface area contributed by atoms with E-state index in [9.17, 15) is 9.90 Å². The Hall–Kier alpha value is -2.37. The Kier molecular flexibility index (Phi) is 8.29. The van der Waals surface area contributed by atoms with Crippen LogP contribution >= 0.6 is 0 Å². The van der Waals surface area contributed by atoms with Gasteiger partial charge in [-0.25, -0.2) is 4.79 Å². The van der Waals surface area contributed by atoms with E-state index in [-0.39, 0.29) is 24.6 Å². The van der Waals surface area contributed by atoms with Gasteiger partial charge in [0, 0.05) is 12.2 Å². The van der Waals surface area contributed by atoms with E-state index in [1.807, 2.05) is 31.2 Å². The maximum Gasteiger partial charge on any atom is 0.336 e. The highest BCUT2D eigenvalue weighted by atomic mass is 16.7. The van der Waals surface area contributed by atoms with E-state index in [2.05, 4.69) is 13.0 Å². The van der Waals surface area contributed by atoms with Crippen molar-refractivity contribution in [1.82, 2.24) is 0 Å². The Bertz CT molecular complexity index is 826. The number of carboxylic acid groups (broad SMARTS) is 1. The molecule has 0 saturated carbocycles. The highest BCUT2D eigenvalue weighted by Crippen LogP contribution is 2.30. The third-order valence-electron chi connectivity index (χ3n) is 5.53. The quantitative estimate of drug-likeness (QED) is 0.515. The van der Waals surface area contributed by atoms with Crippen LogP contribution in [0.2, 0.25) is 0 Å². The summed E-state index contributed by atoms with van der Waals surface area (Å²) in [6.07, 6.45) is 6.10. The van der Waals surface area contributed by atoms with Crippen LogP contribution in [0.4, 0.5) is 0 Å². The molecule has 1 saturated heterocycles. The van der Waals surface area contributed by atoms with Crippen molar-refractivity contribution >= 4 is 5.97 Å². The number of aryl methyl sites for hydroxylation is 1. The number of hydrogen-bond donors (Lipinski definition) is 1. The first-order valence-electron chi connectivity index (χ1n) is 10.9. The molecule has 1 aliphatic heterocycles. The van der Waals surface area contributed by atoms with Gasteiger partial charge >= 0.3 is 5.97 Å². The molecule has 1 aliphatic rings. The van der Waals surface area contributed by atoms with Gasteiger partial charge in [0.05, 0.1) is 11.7 Å². The van der Waals surface area contributed by atoms with Gasteiger partial charge in [-0.1, -0.05) is 44.0 Å². The summed E-state index contributed by atoms with van der Waals surface area (Å²) in [6.45, 7) is 5.05. The van der Waals surface area contributed by atoms with Gasteiger partial charge in [-0.05, 0) is 61.9 Å². The normalized spacial score (nSPS) is 17.5. The second-order valence-electron chi connectivity index (χ2n) is 7.83. The minimum absolute atomic E-state index is 0.0374. The van der Waals surface area contributed by atoms with E-state index in [1.54, 1.807) is 12.1 Å². The number of benzene rings is 2. The fourth-order valence-electron chi connectivity index (χ4n) is 3.76. The zero-order valence-corrected chi connectivity index (χ0v) is 17.9. The van der Waals surface area contributed by atoms with E-state index in [1.165, 1.54) is 0 Å². The van der Waals surface area contributed by atoms with Crippen molar-refractivity contribution in [3.8, 4) is 5.75 Å². The van der Waals surface area contributed by atoms with Crippen molar-refractivity contribution < 1.29 is 24.1 Å². The maximum atomic E-state index is 11.5. The SMILES string of the molecule is CCCCC(OC1CCCCO1)c1cccc(OCc2c(C)cccc2C(=O)O)c1. The molecule has 3 rings (SSSR count). The molecule has 1 N–H and O–H groups in total. The minimum atomic E-state index is -0.938. The van der Waals surface area contributed by atoms with Gasteiger partial charge in [0.15, 0.2) is 6.29 Å². The van der Waals surface area contributed by atoms with Crippen LogP contribution in [0, 0.1) is 6.92 Å². The molecule has 1 heterocycles. The van der Waals surface area contributed by atoms with Crippen molar-refractivity contribution in [3.05, 3.63) is 64.7 Å². The standard InChI is InChI=1S/C25H32O5/c1-3-4-13-23(30-24-14-5-6-15-28-24)19-10-8-11-20(16-19)29-17-22-18(2)9-7-12-21(22)25(26)27/h7-12,16,23-24H,3-6,13-15,17H2,1-2H3,(H,26,27). The summed E-state index contributed by atoms with van der Waals surface area (Å²) in [4.78, 5) is 11.5. The summed E-state index contributed by atoms with van der Waals surface area (Å²) in [6, 6.07) is 13.2. The fourth-order valence-corrected chi connectivity index (χ4v) is 3.76. The molecule has 2 aromatic carbocycles. The van der Waals surface area contributed by atoms with Crippen LogP contribution in [0.15, 0.2) is 42.5 Å². The van der Waals surface area contributed by atoms with Crippen LogP contribution in [0.25, 0.3) is 0 Å². The van der Waals surface area contributed by atoms with Crippen molar-refractivity contribution in [2.24, 2.45) is 0 Å². The predicted molar refractivity (Wildman–Crippen MR) is 116 cm³/mol. The first-order valence-corrected chi connectivity index (χ1v) is 10.9. The molecule has 0 aromatic heterocycles. The second kappa shape index (κ2) is 11.1. The van der Waals surface area contributed by atoms with E-state index >= 15 is 0 Å². The number of aromatic carboxylic acids is 1. The molecule has 0 aliphatic carbocycles. The average Bonchev–Trinajstić information content (AvgIpc) is 2.76. The monoisotopic (exact) mass is 412 g/mol. The smallest absolute Gasteiger partial charge is 0.336 e. The van der Waals surface area contributed by atoms with Gasteiger partial charge in [-0.2, -0.15) is 0 Å². The van der Waals surface area contributed by atoms with E-state index in [0.717, 1.165) is 56.3 Å². The molecular weight excluding hydrogens is 380 g/mol. The summed E-state index contributed by atoms with van der Waals surface area (Å²) in [5.74, 6) is -0.228. The summed E-state index contributed by atoms with van der Waals surface area (Å²) >= 11 is 0. The Morgan fingerprint density at radius 1 is 1.23 bits per heavy atom. The lowest BCUT2D eigenvalue weighted by Gasteiger charge is -2.28.